The highest BCUT2D eigenvalue weighted by molar-refractivity contribution is 14.0. The number of hydrogen-bond donors (Lipinski definition) is 2. The maximum atomic E-state index is 6.06. The third kappa shape index (κ3) is 7.05. The van der Waals surface area contributed by atoms with Gasteiger partial charge < -0.3 is 20.1 Å². The fourth-order valence-corrected chi connectivity index (χ4v) is 4.77. The van der Waals surface area contributed by atoms with Gasteiger partial charge in [0.1, 0.15) is 6.54 Å². The molecule has 1 aliphatic carbocycles. The molecule has 1 aromatic heterocycles. The van der Waals surface area contributed by atoms with Crippen molar-refractivity contribution in [3.05, 3.63) is 35.2 Å². The van der Waals surface area contributed by atoms with E-state index in [2.05, 4.69) is 37.6 Å². The first-order valence-electron chi connectivity index (χ1n) is 11.6. The molecule has 0 radical (unpaired) electrons. The number of aromatic nitrogens is 2. The van der Waals surface area contributed by atoms with Gasteiger partial charge >= 0.3 is 0 Å². The van der Waals surface area contributed by atoms with Crippen LogP contribution in [0.15, 0.2) is 33.8 Å². The predicted octanol–water partition coefficient (Wildman–Crippen LogP) is 4.86. The normalized spacial score (nSPS) is 18.9. The van der Waals surface area contributed by atoms with Crippen molar-refractivity contribution in [3.8, 4) is 11.4 Å². The molecule has 2 aromatic rings. The Bertz CT molecular complexity index is 862. The molecule has 7 nitrogen and oxygen atoms in total. The highest BCUT2D eigenvalue weighted by Gasteiger charge is 2.26. The van der Waals surface area contributed by atoms with Gasteiger partial charge in [-0.25, -0.2) is 4.99 Å². The van der Waals surface area contributed by atoms with E-state index >= 15 is 0 Å². The van der Waals surface area contributed by atoms with Gasteiger partial charge in [0, 0.05) is 42.3 Å². The molecule has 9 heteroatoms. The lowest BCUT2D eigenvalue weighted by Crippen LogP contribution is -2.50. The molecule has 2 fully saturated rings. The van der Waals surface area contributed by atoms with E-state index in [0.29, 0.717) is 29.3 Å². The number of nitrogens with zero attached hydrogens (tertiary/aromatic N) is 4. The molecule has 0 bridgehead atoms. The average molecular weight is 573 g/mol. The monoisotopic (exact) mass is 572 g/mol. The molecular weight excluding hydrogens is 539 g/mol. The van der Waals surface area contributed by atoms with E-state index in [9.17, 15) is 0 Å². The van der Waals surface area contributed by atoms with Crippen molar-refractivity contribution in [2.24, 2.45) is 4.99 Å². The first-order chi connectivity index (χ1) is 15.2. The van der Waals surface area contributed by atoms with Gasteiger partial charge in [-0.15, -0.1) is 24.0 Å². The number of likely N-dealkylation sites (tertiary alicyclic amines) is 1. The number of nitrogens with one attached hydrogen (secondary N) is 2. The van der Waals surface area contributed by atoms with E-state index < -0.39 is 0 Å². The summed E-state index contributed by atoms with van der Waals surface area (Å²) >= 11 is 6.06. The second-order valence-electron chi connectivity index (χ2n) is 8.46. The molecule has 2 heterocycles. The second kappa shape index (κ2) is 12.7. The molecule has 32 heavy (non-hydrogen) atoms. The molecule has 176 valence electrons. The quantitative estimate of drug-likeness (QED) is 0.292. The minimum Gasteiger partial charge on any atom is -0.357 e. The molecular formula is C23H34ClIN6O. The van der Waals surface area contributed by atoms with Crippen molar-refractivity contribution >= 4 is 41.5 Å². The summed E-state index contributed by atoms with van der Waals surface area (Å²) in [7, 11) is 0. The smallest absolute Gasteiger partial charge is 0.248 e. The van der Waals surface area contributed by atoms with Gasteiger partial charge in [0.2, 0.25) is 11.7 Å². The Hall–Kier alpha value is -1.39. The molecule has 0 spiro atoms. The van der Waals surface area contributed by atoms with Crippen LogP contribution in [0.25, 0.3) is 11.4 Å². The van der Waals surface area contributed by atoms with E-state index in [1.54, 1.807) is 0 Å². The zero-order chi connectivity index (χ0) is 21.5. The Balaban J connectivity index is 0.00000289. The number of guanidine groups is 1. The number of halogens is 2. The van der Waals surface area contributed by atoms with Gasteiger partial charge in [-0.1, -0.05) is 48.2 Å². The molecule has 4 rings (SSSR count). The minimum atomic E-state index is 0. The van der Waals surface area contributed by atoms with Crippen molar-refractivity contribution in [3.63, 3.8) is 0 Å². The highest BCUT2D eigenvalue weighted by atomic mass is 127. The third-order valence-corrected chi connectivity index (χ3v) is 6.46. The van der Waals surface area contributed by atoms with Gasteiger partial charge in [0.25, 0.3) is 0 Å². The van der Waals surface area contributed by atoms with Crippen LogP contribution in [0.5, 0.6) is 0 Å². The maximum absolute atomic E-state index is 6.06. The lowest BCUT2D eigenvalue weighted by Gasteiger charge is -2.39. The number of rotatable bonds is 6. The van der Waals surface area contributed by atoms with Crippen molar-refractivity contribution in [1.29, 1.82) is 0 Å². The third-order valence-electron chi connectivity index (χ3n) is 6.23. The highest BCUT2D eigenvalue weighted by Crippen LogP contribution is 2.25. The molecule has 1 saturated carbocycles. The van der Waals surface area contributed by atoms with E-state index in [0.717, 1.165) is 37.0 Å². The lowest BCUT2D eigenvalue weighted by atomic mass is 9.92. The van der Waals surface area contributed by atoms with Crippen LogP contribution >= 0.6 is 35.6 Å². The average Bonchev–Trinajstić information content (AvgIpc) is 3.28. The zero-order valence-corrected chi connectivity index (χ0v) is 21.8. The van der Waals surface area contributed by atoms with Crippen LogP contribution in [0.3, 0.4) is 0 Å². The molecule has 0 amide bonds. The lowest BCUT2D eigenvalue weighted by molar-refractivity contribution is 0.119. The molecule has 0 unspecified atom stereocenters. The molecule has 2 N–H and O–H groups in total. The van der Waals surface area contributed by atoms with Crippen LogP contribution in [-0.2, 0) is 6.54 Å². The second-order valence-corrected chi connectivity index (χ2v) is 8.90. The summed E-state index contributed by atoms with van der Waals surface area (Å²) in [5.41, 5.74) is 0.834. The maximum Gasteiger partial charge on any atom is 0.248 e. The molecule has 0 atom stereocenters. The van der Waals surface area contributed by atoms with Crippen LogP contribution in [0, 0.1) is 0 Å². The van der Waals surface area contributed by atoms with Crippen LogP contribution in [0.1, 0.15) is 57.8 Å². The van der Waals surface area contributed by atoms with E-state index in [4.69, 9.17) is 16.1 Å². The number of aliphatic imine (C=N–C) groups is 1. The van der Waals surface area contributed by atoms with Crippen LogP contribution in [-0.4, -0.2) is 52.7 Å². The van der Waals surface area contributed by atoms with Gasteiger partial charge in [-0.2, -0.15) is 4.98 Å². The van der Waals surface area contributed by atoms with Gasteiger partial charge in [0.15, 0.2) is 5.96 Å². The summed E-state index contributed by atoms with van der Waals surface area (Å²) in [5, 5.41) is 11.6. The Labute approximate surface area is 212 Å². The van der Waals surface area contributed by atoms with E-state index in [1.807, 2.05) is 24.3 Å². The Kier molecular flexibility index (Phi) is 10.1. The molecule has 2 aliphatic rings. The van der Waals surface area contributed by atoms with Gasteiger partial charge in [0.05, 0.1) is 0 Å². The summed E-state index contributed by atoms with van der Waals surface area (Å²) in [5.74, 6) is 1.82. The van der Waals surface area contributed by atoms with Crippen molar-refractivity contribution in [2.75, 3.05) is 19.6 Å². The van der Waals surface area contributed by atoms with Crippen molar-refractivity contribution in [2.45, 2.75) is 70.5 Å². The van der Waals surface area contributed by atoms with Crippen LogP contribution in [0.2, 0.25) is 5.02 Å². The summed E-state index contributed by atoms with van der Waals surface area (Å²) in [6.45, 7) is 5.57. The number of hydrogen-bond acceptors (Lipinski definition) is 5. The number of benzene rings is 1. The summed E-state index contributed by atoms with van der Waals surface area (Å²) in [6, 6.07) is 8.69. The number of piperidine rings is 1. The molecule has 1 aromatic carbocycles. The topological polar surface area (TPSA) is 78.6 Å². The molecule has 1 saturated heterocycles. The fourth-order valence-electron chi connectivity index (χ4n) is 4.58. The van der Waals surface area contributed by atoms with Crippen LogP contribution < -0.4 is 10.6 Å². The first kappa shape index (κ1) is 25.2. The molecule has 1 aliphatic heterocycles. The Morgan fingerprint density at radius 2 is 1.97 bits per heavy atom. The zero-order valence-electron chi connectivity index (χ0n) is 18.7. The van der Waals surface area contributed by atoms with E-state index in [1.165, 1.54) is 45.2 Å². The summed E-state index contributed by atoms with van der Waals surface area (Å²) in [4.78, 5) is 11.8. The van der Waals surface area contributed by atoms with E-state index in [-0.39, 0.29) is 24.0 Å². The summed E-state index contributed by atoms with van der Waals surface area (Å²) in [6.07, 6.45) is 9.27. The predicted molar refractivity (Wildman–Crippen MR) is 140 cm³/mol. The first-order valence-corrected chi connectivity index (χ1v) is 12.0. The van der Waals surface area contributed by atoms with Crippen molar-refractivity contribution < 1.29 is 4.52 Å². The standard InChI is InChI=1S/C23H33ClN6O.HI/c1-2-25-23(27-19-11-13-30(14-12-19)20-9-4-3-5-10-20)26-16-21-28-22(29-31-21)17-7-6-8-18(24)15-17;/h6-8,15,19-20H,2-5,9-14,16H2,1H3,(H2,25,26,27);1H. The van der Waals surface area contributed by atoms with Crippen molar-refractivity contribution in [1.82, 2.24) is 25.7 Å². The van der Waals surface area contributed by atoms with Gasteiger partial charge in [-0.05, 0) is 44.7 Å². The Morgan fingerprint density at radius 1 is 1.19 bits per heavy atom. The van der Waals surface area contributed by atoms with Crippen LogP contribution in [0.4, 0.5) is 0 Å². The Morgan fingerprint density at radius 3 is 2.69 bits per heavy atom. The SMILES string of the molecule is CCNC(=NCc1nc(-c2cccc(Cl)c2)no1)NC1CCN(C2CCCCC2)CC1.I. The van der Waals surface area contributed by atoms with Gasteiger partial charge in [-0.3, -0.25) is 0 Å². The minimum absolute atomic E-state index is 0. The summed E-state index contributed by atoms with van der Waals surface area (Å²) < 4.78 is 5.39. The fraction of sp³-hybridized carbons (Fsp3) is 0.609. The largest absolute Gasteiger partial charge is 0.357 e.